The molecule has 0 N–H and O–H groups in total. The van der Waals surface area contributed by atoms with E-state index in [-0.39, 0.29) is 10.9 Å². The predicted molar refractivity (Wildman–Crippen MR) is 77.6 cm³/mol. The van der Waals surface area contributed by atoms with Crippen LogP contribution in [-0.4, -0.2) is 30.7 Å². The Bertz CT molecular complexity index is 548. The first-order chi connectivity index (χ1) is 9.38. The number of ether oxygens (including phenoxy) is 1. The summed E-state index contributed by atoms with van der Waals surface area (Å²) >= 11 is 0. The van der Waals surface area contributed by atoms with Crippen LogP contribution in [0.25, 0.3) is 0 Å². The number of hydrogen-bond acceptors (Lipinski definition) is 4. The SMILES string of the molecule is CC(C)c1nc(S(=O)(=O)Cl)cn1CCCC1CCCO1. The van der Waals surface area contributed by atoms with Crippen molar-refractivity contribution in [2.24, 2.45) is 0 Å². The maximum absolute atomic E-state index is 11.4. The molecule has 1 fully saturated rings. The van der Waals surface area contributed by atoms with Crippen LogP contribution in [0.15, 0.2) is 11.2 Å². The van der Waals surface area contributed by atoms with Crippen LogP contribution in [0.1, 0.15) is 51.3 Å². The number of imidazole rings is 1. The van der Waals surface area contributed by atoms with Gasteiger partial charge < -0.3 is 9.30 Å². The van der Waals surface area contributed by atoms with Crippen LogP contribution in [0.2, 0.25) is 0 Å². The summed E-state index contributed by atoms with van der Waals surface area (Å²) in [5.74, 6) is 0.918. The summed E-state index contributed by atoms with van der Waals surface area (Å²) in [4.78, 5) is 4.14. The fraction of sp³-hybridized carbons (Fsp3) is 0.769. The highest BCUT2D eigenvalue weighted by Crippen LogP contribution is 2.22. The van der Waals surface area contributed by atoms with Gasteiger partial charge in [0.2, 0.25) is 0 Å². The number of hydrogen-bond donors (Lipinski definition) is 0. The molecule has 0 amide bonds. The summed E-state index contributed by atoms with van der Waals surface area (Å²) in [5, 5.41) is -0.0556. The molecule has 2 heterocycles. The molecule has 1 saturated heterocycles. The van der Waals surface area contributed by atoms with Gasteiger partial charge in [0.05, 0.1) is 6.10 Å². The van der Waals surface area contributed by atoms with Crippen LogP contribution >= 0.6 is 10.7 Å². The maximum Gasteiger partial charge on any atom is 0.280 e. The Kier molecular flexibility index (Phi) is 5.09. The zero-order chi connectivity index (χ0) is 14.8. The van der Waals surface area contributed by atoms with Gasteiger partial charge in [-0.3, -0.25) is 0 Å². The van der Waals surface area contributed by atoms with E-state index in [1.165, 1.54) is 6.20 Å². The van der Waals surface area contributed by atoms with Crippen molar-refractivity contribution < 1.29 is 13.2 Å². The van der Waals surface area contributed by atoms with Crippen molar-refractivity contribution in [3.8, 4) is 0 Å². The lowest BCUT2D eigenvalue weighted by atomic mass is 10.1. The van der Waals surface area contributed by atoms with Crippen LogP contribution in [0.4, 0.5) is 0 Å². The van der Waals surface area contributed by atoms with E-state index in [9.17, 15) is 8.42 Å². The second kappa shape index (κ2) is 6.45. The Morgan fingerprint density at radius 3 is 2.85 bits per heavy atom. The first-order valence-corrected chi connectivity index (χ1v) is 9.32. The highest BCUT2D eigenvalue weighted by Gasteiger charge is 2.20. The molecular weight excluding hydrogens is 300 g/mol. The molecule has 1 aliphatic heterocycles. The smallest absolute Gasteiger partial charge is 0.280 e. The molecule has 5 nitrogen and oxygen atoms in total. The molecule has 0 radical (unpaired) electrons. The Hall–Kier alpha value is -0.590. The van der Waals surface area contributed by atoms with Crippen LogP contribution < -0.4 is 0 Å². The standard InChI is InChI=1S/C13H21ClN2O3S/c1-10(2)13-15-12(20(14,17)18)9-16(13)7-3-5-11-6-4-8-19-11/h9-11H,3-8H2,1-2H3. The Morgan fingerprint density at radius 2 is 2.30 bits per heavy atom. The molecule has 0 bridgehead atoms. The molecule has 0 spiro atoms. The second-order valence-corrected chi connectivity index (χ2v) is 8.01. The largest absolute Gasteiger partial charge is 0.378 e. The van der Waals surface area contributed by atoms with Crippen molar-refractivity contribution in [2.45, 2.75) is 63.1 Å². The molecule has 1 unspecified atom stereocenters. The summed E-state index contributed by atoms with van der Waals surface area (Å²) < 4.78 is 30.2. The highest BCUT2D eigenvalue weighted by atomic mass is 35.7. The minimum atomic E-state index is -3.76. The van der Waals surface area contributed by atoms with Crippen molar-refractivity contribution in [3.05, 3.63) is 12.0 Å². The van der Waals surface area contributed by atoms with E-state index < -0.39 is 9.05 Å². The topological polar surface area (TPSA) is 61.2 Å². The number of halogens is 1. The molecule has 0 aliphatic carbocycles. The first kappa shape index (κ1) is 15.8. The predicted octanol–water partition coefficient (Wildman–Crippen LogP) is 2.89. The van der Waals surface area contributed by atoms with E-state index in [4.69, 9.17) is 15.4 Å². The van der Waals surface area contributed by atoms with Crippen LogP contribution in [0.3, 0.4) is 0 Å². The van der Waals surface area contributed by atoms with Gasteiger partial charge in [-0.2, -0.15) is 0 Å². The monoisotopic (exact) mass is 320 g/mol. The van der Waals surface area contributed by atoms with Gasteiger partial charge in [-0.15, -0.1) is 0 Å². The molecular formula is C13H21ClN2O3S. The van der Waals surface area contributed by atoms with E-state index in [1.54, 1.807) is 0 Å². The van der Waals surface area contributed by atoms with Crippen LogP contribution in [0, 0.1) is 0 Å². The normalized spacial score (nSPS) is 19.9. The molecule has 2 rings (SSSR count). The van der Waals surface area contributed by atoms with Crippen molar-refractivity contribution >= 4 is 19.7 Å². The van der Waals surface area contributed by atoms with Gasteiger partial charge in [-0.25, -0.2) is 13.4 Å². The second-order valence-electron chi connectivity index (χ2n) is 5.50. The average molecular weight is 321 g/mol. The fourth-order valence-corrected chi connectivity index (χ4v) is 3.20. The van der Waals surface area contributed by atoms with Gasteiger partial charge in [-0.05, 0) is 25.7 Å². The summed E-state index contributed by atoms with van der Waals surface area (Å²) in [6.07, 6.45) is 6.11. The molecule has 0 aromatic carbocycles. The number of aromatic nitrogens is 2. The third kappa shape index (κ3) is 3.96. The van der Waals surface area contributed by atoms with E-state index in [2.05, 4.69) is 4.98 Å². The van der Waals surface area contributed by atoms with E-state index in [0.29, 0.717) is 6.10 Å². The third-order valence-corrected chi connectivity index (χ3v) is 4.67. The fourth-order valence-electron chi connectivity index (χ4n) is 2.52. The lowest BCUT2D eigenvalue weighted by Gasteiger charge is -2.12. The quantitative estimate of drug-likeness (QED) is 0.756. The van der Waals surface area contributed by atoms with Crippen molar-refractivity contribution in [3.63, 3.8) is 0 Å². The Labute approximate surface area is 124 Å². The Morgan fingerprint density at radius 1 is 1.55 bits per heavy atom. The first-order valence-electron chi connectivity index (χ1n) is 7.01. The molecule has 114 valence electrons. The van der Waals surface area contributed by atoms with E-state index in [1.807, 2.05) is 18.4 Å². The molecule has 20 heavy (non-hydrogen) atoms. The average Bonchev–Trinajstić information content (AvgIpc) is 2.96. The molecule has 1 aliphatic rings. The molecule has 1 atom stereocenters. The van der Waals surface area contributed by atoms with Crippen molar-refractivity contribution in [2.75, 3.05) is 6.61 Å². The van der Waals surface area contributed by atoms with Gasteiger partial charge in [0.15, 0.2) is 5.03 Å². The summed E-state index contributed by atoms with van der Waals surface area (Å²) in [6.45, 7) is 5.58. The molecule has 0 saturated carbocycles. The van der Waals surface area contributed by atoms with Crippen molar-refractivity contribution in [1.29, 1.82) is 0 Å². The maximum atomic E-state index is 11.4. The lowest BCUT2D eigenvalue weighted by molar-refractivity contribution is 0.101. The number of aryl methyl sites for hydroxylation is 1. The number of rotatable bonds is 6. The van der Waals surface area contributed by atoms with Gasteiger partial charge in [0.1, 0.15) is 5.82 Å². The van der Waals surface area contributed by atoms with Gasteiger partial charge in [0.25, 0.3) is 9.05 Å². The Balaban J connectivity index is 2.03. The van der Waals surface area contributed by atoms with Crippen LogP contribution in [0.5, 0.6) is 0 Å². The molecule has 1 aromatic rings. The third-order valence-electron chi connectivity index (χ3n) is 3.50. The van der Waals surface area contributed by atoms with Crippen LogP contribution in [-0.2, 0) is 20.3 Å². The van der Waals surface area contributed by atoms with E-state index >= 15 is 0 Å². The molecule has 1 aromatic heterocycles. The summed E-state index contributed by atoms with van der Waals surface area (Å²) in [6, 6.07) is 0. The zero-order valence-corrected chi connectivity index (χ0v) is 13.5. The number of nitrogens with zero attached hydrogens (tertiary/aromatic N) is 2. The highest BCUT2D eigenvalue weighted by molar-refractivity contribution is 8.13. The summed E-state index contributed by atoms with van der Waals surface area (Å²) in [7, 11) is 1.60. The minimum absolute atomic E-state index is 0.0556. The summed E-state index contributed by atoms with van der Waals surface area (Å²) in [5.41, 5.74) is 0. The lowest BCUT2D eigenvalue weighted by Crippen LogP contribution is -2.09. The van der Waals surface area contributed by atoms with Gasteiger partial charge in [-0.1, -0.05) is 13.8 Å². The minimum Gasteiger partial charge on any atom is -0.378 e. The van der Waals surface area contributed by atoms with Gasteiger partial charge in [0, 0.05) is 35.9 Å². The van der Waals surface area contributed by atoms with E-state index in [0.717, 1.165) is 44.7 Å². The van der Waals surface area contributed by atoms with Gasteiger partial charge >= 0.3 is 0 Å². The molecule has 7 heteroatoms. The van der Waals surface area contributed by atoms with Crippen molar-refractivity contribution in [1.82, 2.24) is 9.55 Å². The zero-order valence-electron chi connectivity index (χ0n) is 11.9.